The van der Waals surface area contributed by atoms with Crippen molar-refractivity contribution in [3.8, 4) is 0 Å². The van der Waals surface area contributed by atoms with Gasteiger partial charge in [-0.1, -0.05) is 98.5 Å². The fourth-order valence-electron chi connectivity index (χ4n) is 5.47. The highest BCUT2D eigenvalue weighted by Gasteiger charge is 2.26. The van der Waals surface area contributed by atoms with E-state index in [1.165, 1.54) is 61.6 Å². The molecule has 31 heavy (non-hydrogen) atoms. The average molecular weight is 415 g/mol. The van der Waals surface area contributed by atoms with Gasteiger partial charge in [0.25, 0.3) is 0 Å². The molecule has 0 nitrogen and oxygen atoms in total. The smallest absolute Gasteiger partial charge is 0.123 e. The summed E-state index contributed by atoms with van der Waals surface area (Å²) in [7, 11) is 0. The first-order valence-corrected chi connectivity index (χ1v) is 12.1. The molecule has 2 atom stereocenters. The molecule has 0 radical (unpaired) electrons. The quantitative estimate of drug-likeness (QED) is 0.312. The molecule has 0 heterocycles. The molecule has 0 saturated heterocycles. The number of aryl methyl sites for hydroxylation is 1. The lowest BCUT2D eigenvalue weighted by Crippen LogP contribution is -2.15. The van der Waals surface area contributed by atoms with Gasteiger partial charge in [0.05, 0.1) is 0 Å². The molecule has 1 aliphatic rings. The van der Waals surface area contributed by atoms with Crippen molar-refractivity contribution in [2.75, 3.05) is 0 Å². The Bertz CT molecular complexity index is 879. The molecular formula is C30H35F. The maximum Gasteiger partial charge on any atom is 0.123 e. The molecule has 1 saturated carbocycles. The predicted molar refractivity (Wildman–Crippen MR) is 129 cm³/mol. The highest BCUT2D eigenvalue weighted by molar-refractivity contribution is 5.24. The molecule has 0 N–H and O–H groups in total. The van der Waals surface area contributed by atoms with Crippen LogP contribution in [0.1, 0.15) is 67.6 Å². The lowest BCUT2D eigenvalue weighted by Gasteiger charge is -2.26. The summed E-state index contributed by atoms with van der Waals surface area (Å²) in [5.41, 5.74) is 4.17. The molecule has 2 unspecified atom stereocenters. The Hall–Kier alpha value is -2.41. The van der Waals surface area contributed by atoms with Gasteiger partial charge in [-0.2, -0.15) is 0 Å². The molecule has 1 fully saturated rings. The molecule has 1 heteroatoms. The first-order valence-electron chi connectivity index (χ1n) is 12.1. The molecule has 0 aliphatic heterocycles. The zero-order valence-corrected chi connectivity index (χ0v) is 18.6. The standard InChI is InChI=1S/C30H35F/c31-30-21-16-24(17-22-30)15-18-28(26-13-7-8-14-26)19-20-29(27-11-5-2-6-12-27)23-25-9-3-1-4-10-25/h1-6,9-12,16-17,21-22,26,28-29H,7-8,13-15,18-20,23H2. The Kier molecular flexibility index (Phi) is 7.93. The van der Waals surface area contributed by atoms with Gasteiger partial charge in [0.1, 0.15) is 5.82 Å². The van der Waals surface area contributed by atoms with E-state index in [1.807, 2.05) is 12.1 Å². The van der Waals surface area contributed by atoms with E-state index in [2.05, 4.69) is 60.7 Å². The van der Waals surface area contributed by atoms with Crippen LogP contribution in [0.15, 0.2) is 84.9 Å². The maximum atomic E-state index is 13.3. The van der Waals surface area contributed by atoms with E-state index in [0.29, 0.717) is 5.92 Å². The van der Waals surface area contributed by atoms with Crippen LogP contribution in [0, 0.1) is 17.7 Å². The highest BCUT2D eigenvalue weighted by atomic mass is 19.1. The second-order valence-electron chi connectivity index (χ2n) is 9.34. The molecule has 162 valence electrons. The van der Waals surface area contributed by atoms with E-state index in [1.54, 1.807) is 12.1 Å². The van der Waals surface area contributed by atoms with Crippen LogP contribution in [0.25, 0.3) is 0 Å². The summed E-state index contributed by atoms with van der Waals surface area (Å²) in [4.78, 5) is 0. The van der Waals surface area contributed by atoms with Crippen molar-refractivity contribution in [2.24, 2.45) is 11.8 Å². The number of hydrogen-bond acceptors (Lipinski definition) is 0. The fraction of sp³-hybridized carbons (Fsp3) is 0.400. The summed E-state index contributed by atoms with van der Waals surface area (Å²) in [6.45, 7) is 0. The first kappa shape index (κ1) is 21.8. The van der Waals surface area contributed by atoms with E-state index < -0.39 is 0 Å². The molecule has 0 aromatic heterocycles. The minimum absolute atomic E-state index is 0.136. The fourth-order valence-corrected chi connectivity index (χ4v) is 5.47. The van der Waals surface area contributed by atoms with Crippen molar-refractivity contribution in [3.63, 3.8) is 0 Å². The van der Waals surface area contributed by atoms with E-state index in [9.17, 15) is 4.39 Å². The van der Waals surface area contributed by atoms with Gasteiger partial charge in [-0.25, -0.2) is 4.39 Å². The van der Waals surface area contributed by atoms with Gasteiger partial charge >= 0.3 is 0 Å². The van der Waals surface area contributed by atoms with Crippen LogP contribution in [0.3, 0.4) is 0 Å². The summed E-state index contributed by atoms with van der Waals surface area (Å²) < 4.78 is 13.3. The summed E-state index contributed by atoms with van der Waals surface area (Å²) >= 11 is 0. The molecule has 3 aromatic carbocycles. The van der Waals surface area contributed by atoms with Gasteiger partial charge in [-0.05, 0) is 78.7 Å². The van der Waals surface area contributed by atoms with Crippen molar-refractivity contribution in [3.05, 3.63) is 107 Å². The second kappa shape index (κ2) is 11.3. The van der Waals surface area contributed by atoms with Crippen molar-refractivity contribution < 1.29 is 4.39 Å². The monoisotopic (exact) mass is 414 g/mol. The lowest BCUT2D eigenvalue weighted by molar-refractivity contribution is 0.285. The Morgan fingerprint density at radius 2 is 1.32 bits per heavy atom. The molecule has 3 aromatic rings. The summed E-state index contributed by atoms with van der Waals surface area (Å²) in [6.07, 6.45) is 11.5. The van der Waals surface area contributed by atoms with Gasteiger partial charge in [-0.3, -0.25) is 0 Å². The van der Waals surface area contributed by atoms with E-state index >= 15 is 0 Å². The third kappa shape index (κ3) is 6.53. The topological polar surface area (TPSA) is 0 Å². The first-order chi connectivity index (χ1) is 15.3. The predicted octanol–water partition coefficient (Wildman–Crippen LogP) is 8.37. The largest absolute Gasteiger partial charge is 0.207 e. The van der Waals surface area contributed by atoms with Gasteiger partial charge < -0.3 is 0 Å². The summed E-state index contributed by atoms with van der Waals surface area (Å²) in [5.74, 6) is 2.07. The normalized spacial score (nSPS) is 16.3. The number of hydrogen-bond donors (Lipinski definition) is 0. The van der Waals surface area contributed by atoms with Gasteiger partial charge in [0.15, 0.2) is 0 Å². The zero-order chi connectivity index (χ0) is 21.3. The molecular weight excluding hydrogens is 379 g/mol. The SMILES string of the molecule is Fc1ccc(CCC(CCC(Cc2ccccc2)c2ccccc2)C2CCCC2)cc1. The van der Waals surface area contributed by atoms with E-state index in [0.717, 1.165) is 24.7 Å². The third-order valence-corrected chi connectivity index (χ3v) is 7.27. The summed E-state index contributed by atoms with van der Waals surface area (Å²) in [5, 5.41) is 0. The Morgan fingerprint density at radius 3 is 2.00 bits per heavy atom. The van der Waals surface area contributed by atoms with Crippen molar-refractivity contribution in [1.82, 2.24) is 0 Å². The van der Waals surface area contributed by atoms with Crippen LogP contribution in [0.2, 0.25) is 0 Å². The van der Waals surface area contributed by atoms with E-state index in [4.69, 9.17) is 0 Å². The van der Waals surface area contributed by atoms with Crippen molar-refractivity contribution >= 4 is 0 Å². The Morgan fingerprint density at radius 1 is 0.677 bits per heavy atom. The number of halogens is 1. The minimum Gasteiger partial charge on any atom is -0.207 e. The molecule has 0 spiro atoms. The Balaban J connectivity index is 1.43. The second-order valence-corrected chi connectivity index (χ2v) is 9.34. The van der Waals surface area contributed by atoms with Crippen molar-refractivity contribution in [2.45, 2.75) is 63.7 Å². The average Bonchev–Trinajstić information content (AvgIpc) is 3.35. The van der Waals surface area contributed by atoms with Gasteiger partial charge in [0, 0.05) is 0 Å². The molecule has 1 aliphatic carbocycles. The lowest BCUT2D eigenvalue weighted by atomic mass is 9.79. The zero-order valence-electron chi connectivity index (χ0n) is 18.6. The highest BCUT2D eigenvalue weighted by Crippen LogP contribution is 2.38. The molecule has 0 amide bonds. The summed E-state index contributed by atoms with van der Waals surface area (Å²) in [6, 6.07) is 29.1. The van der Waals surface area contributed by atoms with Crippen LogP contribution in [-0.2, 0) is 12.8 Å². The number of rotatable bonds is 10. The van der Waals surface area contributed by atoms with Crippen LogP contribution in [0.4, 0.5) is 4.39 Å². The third-order valence-electron chi connectivity index (χ3n) is 7.27. The molecule has 0 bridgehead atoms. The van der Waals surface area contributed by atoms with Gasteiger partial charge in [-0.15, -0.1) is 0 Å². The Labute approximate surface area is 187 Å². The van der Waals surface area contributed by atoms with Gasteiger partial charge in [0.2, 0.25) is 0 Å². The van der Waals surface area contributed by atoms with Crippen molar-refractivity contribution in [1.29, 1.82) is 0 Å². The van der Waals surface area contributed by atoms with Crippen LogP contribution in [-0.4, -0.2) is 0 Å². The maximum absolute atomic E-state index is 13.3. The molecule has 4 rings (SSSR count). The van der Waals surface area contributed by atoms with Crippen LogP contribution >= 0.6 is 0 Å². The van der Waals surface area contributed by atoms with E-state index in [-0.39, 0.29) is 5.82 Å². The minimum atomic E-state index is -0.136. The number of benzene rings is 3. The van der Waals surface area contributed by atoms with Crippen LogP contribution < -0.4 is 0 Å². The van der Waals surface area contributed by atoms with Crippen LogP contribution in [0.5, 0.6) is 0 Å².